The summed E-state index contributed by atoms with van der Waals surface area (Å²) in [6, 6.07) is 8.50. The third-order valence-corrected chi connectivity index (χ3v) is 3.82. The van der Waals surface area contributed by atoms with Gasteiger partial charge in [0.15, 0.2) is 0 Å². The van der Waals surface area contributed by atoms with E-state index in [0.29, 0.717) is 16.1 Å². The first-order valence-electron chi connectivity index (χ1n) is 4.12. The minimum Gasteiger partial charge on any atom is -0.680 e. The van der Waals surface area contributed by atoms with Crippen molar-refractivity contribution >= 4 is 16.6 Å². The molecule has 0 aromatic heterocycles. The van der Waals surface area contributed by atoms with Gasteiger partial charge in [-0.3, -0.25) is 0 Å². The van der Waals surface area contributed by atoms with Gasteiger partial charge in [-0.1, -0.05) is 30.8 Å². The molecule has 0 radical (unpaired) electrons. The van der Waals surface area contributed by atoms with Gasteiger partial charge in [-0.05, 0) is 16.5 Å². The van der Waals surface area contributed by atoms with Crippen LogP contribution in [-0.2, 0) is 10.9 Å². The Morgan fingerprint density at radius 2 is 2.08 bits per heavy atom. The summed E-state index contributed by atoms with van der Waals surface area (Å²) >= 11 is 0. The predicted molar refractivity (Wildman–Crippen MR) is 56.3 cm³/mol. The average molecular weight is 179 g/mol. The Hall–Kier alpha value is -0.630. The van der Waals surface area contributed by atoms with Crippen molar-refractivity contribution in [3.05, 3.63) is 35.1 Å². The van der Waals surface area contributed by atoms with Crippen molar-refractivity contribution < 1.29 is 0 Å². The van der Waals surface area contributed by atoms with Crippen LogP contribution in [0.2, 0.25) is 0 Å². The standard InChI is InChI=1S/C10H13NS/c1-12(2)10-7-11-9-6-4-3-5-8(9)10/h3-6,10H,7H2,1-2H3. The molecule has 1 nitrogen and oxygen atoms in total. The normalized spacial score (nSPS) is 20.8. The fourth-order valence-electron chi connectivity index (χ4n) is 1.59. The lowest BCUT2D eigenvalue weighted by Crippen LogP contribution is -2.09. The van der Waals surface area contributed by atoms with E-state index < -0.39 is 0 Å². The Morgan fingerprint density at radius 3 is 2.83 bits per heavy atom. The van der Waals surface area contributed by atoms with Crippen molar-refractivity contribution in [1.82, 2.24) is 0 Å². The number of rotatable bonds is 1. The fraction of sp³-hybridized carbons (Fsp3) is 0.400. The minimum atomic E-state index is 0.454. The van der Waals surface area contributed by atoms with Crippen LogP contribution in [0.25, 0.3) is 5.32 Å². The summed E-state index contributed by atoms with van der Waals surface area (Å²) in [6.45, 7) is 0.995. The lowest BCUT2D eigenvalue weighted by molar-refractivity contribution is 1.09. The van der Waals surface area contributed by atoms with E-state index in [1.165, 1.54) is 11.3 Å². The maximum Gasteiger partial charge on any atom is 0.125 e. The van der Waals surface area contributed by atoms with Crippen LogP contribution in [0, 0.1) is 0 Å². The molecule has 0 spiro atoms. The first-order valence-corrected chi connectivity index (χ1v) is 6.22. The minimum absolute atomic E-state index is 0.454. The molecule has 0 amide bonds. The second-order valence-corrected chi connectivity index (χ2v) is 5.60. The van der Waals surface area contributed by atoms with Gasteiger partial charge in [0.1, 0.15) is 5.25 Å². The number of benzene rings is 1. The molecule has 2 rings (SSSR count). The molecule has 0 aliphatic carbocycles. The van der Waals surface area contributed by atoms with Crippen LogP contribution in [0.5, 0.6) is 0 Å². The van der Waals surface area contributed by atoms with Crippen LogP contribution < -0.4 is 0 Å². The molecule has 64 valence electrons. The van der Waals surface area contributed by atoms with E-state index in [1.54, 1.807) is 0 Å². The highest BCUT2D eigenvalue weighted by molar-refractivity contribution is 7.95. The Bertz CT molecular complexity index is 283. The molecular formula is C10H13NS. The number of fused-ring (bicyclic) bond motifs is 1. The first kappa shape index (κ1) is 7.99. The van der Waals surface area contributed by atoms with E-state index >= 15 is 0 Å². The maximum atomic E-state index is 4.51. The Labute approximate surface area is 76.5 Å². The number of nitrogens with zero attached hydrogens (tertiary/aromatic N) is 1. The second-order valence-electron chi connectivity index (χ2n) is 3.27. The van der Waals surface area contributed by atoms with Gasteiger partial charge in [-0.2, -0.15) is 0 Å². The van der Waals surface area contributed by atoms with E-state index in [1.807, 2.05) is 0 Å². The van der Waals surface area contributed by atoms with Gasteiger partial charge in [-0.15, -0.1) is 5.69 Å². The smallest absolute Gasteiger partial charge is 0.125 e. The molecule has 0 bridgehead atoms. The zero-order valence-corrected chi connectivity index (χ0v) is 8.27. The van der Waals surface area contributed by atoms with Crippen molar-refractivity contribution in [3.8, 4) is 0 Å². The zero-order chi connectivity index (χ0) is 8.55. The van der Waals surface area contributed by atoms with Crippen molar-refractivity contribution in [2.45, 2.75) is 5.25 Å². The second kappa shape index (κ2) is 3.02. The van der Waals surface area contributed by atoms with Crippen molar-refractivity contribution in [1.29, 1.82) is 0 Å². The first-order chi connectivity index (χ1) is 5.79. The van der Waals surface area contributed by atoms with Crippen molar-refractivity contribution in [3.63, 3.8) is 0 Å². The summed E-state index contributed by atoms with van der Waals surface area (Å²) in [5.41, 5.74) is 2.66. The maximum absolute atomic E-state index is 4.51. The third-order valence-electron chi connectivity index (χ3n) is 2.28. The highest BCUT2D eigenvalue weighted by atomic mass is 32.2. The quantitative estimate of drug-likeness (QED) is 0.588. The molecule has 1 aliphatic rings. The highest BCUT2D eigenvalue weighted by Gasteiger charge is 2.24. The molecule has 1 aromatic rings. The molecule has 0 fully saturated rings. The molecule has 1 unspecified atom stereocenters. The predicted octanol–water partition coefficient (Wildman–Crippen LogP) is 2.62. The summed E-state index contributed by atoms with van der Waals surface area (Å²) in [5, 5.41) is 5.19. The lowest BCUT2D eigenvalue weighted by Gasteiger charge is -2.10. The fourth-order valence-corrected chi connectivity index (χ4v) is 2.67. The average Bonchev–Trinajstić information content (AvgIpc) is 2.47. The summed E-state index contributed by atoms with van der Waals surface area (Å²) in [5.74, 6) is 0. The molecule has 0 saturated carbocycles. The number of para-hydroxylation sites is 1. The summed E-state index contributed by atoms with van der Waals surface area (Å²) in [4.78, 5) is 0. The van der Waals surface area contributed by atoms with E-state index in [9.17, 15) is 0 Å². The molecule has 1 aromatic carbocycles. The van der Waals surface area contributed by atoms with Gasteiger partial charge in [0.2, 0.25) is 0 Å². The van der Waals surface area contributed by atoms with Gasteiger partial charge in [-0.25, -0.2) is 0 Å². The summed E-state index contributed by atoms with van der Waals surface area (Å²) in [6.07, 6.45) is 4.59. The molecule has 1 heterocycles. The van der Waals surface area contributed by atoms with Crippen LogP contribution >= 0.6 is 0 Å². The van der Waals surface area contributed by atoms with Gasteiger partial charge in [0, 0.05) is 0 Å². The van der Waals surface area contributed by atoms with Crippen molar-refractivity contribution in [2.75, 3.05) is 19.1 Å². The number of hydrogen-bond acceptors (Lipinski definition) is 0. The molecule has 0 saturated heterocycles. The highest BCUT2D eigenvalue weighted by Crippen LogP contribution is 2.41. The van der Waals surface area contributed by atoms with E-state index in [2.05, 4.69) is 42.1 Å². The Balaban J connectivity index is 2.36. The molecule has 2 heteroatoms. The van der Waals surface area contributed by atoms with Crippen LogP contribution in [-0.4, -0.2) is 19.1 Å². The lowest BCUT2D eigenvalue weighted by atomic mass is 10.2. The van der Waals surface area contributed by atoms with Crippen LogP contribution in [0.4, 0.5) is 5.69 Å². The van der Waals surface area contributed by atoms with Gasteiger partial charge < -0.3 is 5.32 Å². The topological polar surface area (TPSA) is 14.1 Å². The van der Waals surface area contributed by atoms with Gasteiger partial charge >= 0.3 is 0 Å². The largest absolute Gasteiger partial charge is 0.680 e. The molecule has 0 N–H and O–H groups in total. The van der Waals surface area contributed by atoms with Gasteiger partial charge in [0.05, 0.1) is 12.5 Å². The van der Waals surface area contributed by atoms with E-state index in [4.69, 9.17) is 0 Å². The summed E-state index contributed by atoms with van der Waals surface area (Å²) in [7, 11) is 0.454. The van der Waals surface area contributed by atoms with Gasteiger partial charge in [0.25, 0.3) is 0 Å². The third kappa shape index (κ3) is 1.20. The van der Waals surface area contributed by atoms with Crippen molar-refractivity contribution in [2.24, 2.45) is 0 Å². The van der Waals surface area contributed by atoms with E-state index in [-0.39, 0.29) is 0 Å². The zero-order valence-electron chi connectivity index (χ0n) is 7.45. The SMILES string of the molecule is C[S+](C)C1C[N-]c2ccccc21. The van der Waals surface area contributed by atoms with Crippen LogP contribution in [0.1, 0.15) is 10.8 Å². The monoisotopic (exact) mass is 179 g/mol. The number of hydrogen-bond donors (Lipinski definition) is 0. The molecule has 1 atom stereocenters. The molecular weight excluding hydrogens is 166 g/mol. The Morgan fingerprint density at radius 1 is 1.33 bits per heavy atom. The summed E-state index contributed by atoms with van der Waals surface area (Å²) < 4.78 is 0. The Kier molecular flexibility index (Phi) is 2.01. The van der Waals surface area contributed by atoms with Crippen LogP contribution in [0.3, 0.4) is 0 Å². The van der Waals surface area contributed by atoms with Crippen LogP contribution in [0.15, 0.2) is 24.3 Å². The van der Waals surface area contributed by atoms with E-state index in [0.717, 1.165) is 6.54 Å². The molecule has 1 aliphatic heterocycles. The molecule has 12 heavy (non-hydrogen) atoms.